The number of hydrogen-bond acceptors (Lipinski definition) is 2. The zero-order chi connectivity index (χ0) is 29.0. The van der Waals surface area contributed by atoms with Crippen molar-refractivity contribution in [1.82, 2.24) is 9.97 Å². The average Bonchev–Trinajstić information content (AvgIpc) is 2.96. The van der Waals surface area contributed by atoms with Gasteiger partial charge in [0.2, 0.25) is 0 Å². The lowest BCUT2D eigenvalue weighted by atomic mass is 9.86. The summed E-state index contributed by atoms with van der Waals surface area (Å²) in [7, 11) is 0. The Hall–Kier alpha value is -4.30. The van der Waals surface area contributed by atoms with Crippen LogP contribution in [0.25, 0.3) is 34.7 Å². The van der Waals surface area contributed by atoms with Crippen molar-refractivity contribution >= 4 is 12.2 Å². The van der Waals surface area contributed by atoms with E-state index in [1.54, 1.807) is 0 Å². The first-order valence-corrected chi connectivity index (χ1v) is 14.5. The van der Waals surface area contributed by atoms with Crippen molar-refractivity contribution in [3.63, 3.8) is 0 Å². The first-order valence-electron chi connectivity index (χ1n) is 14.5. The minimum Gasteiger partial charge on any atom is -0.248 e. The monoisotopic (exact) mass is 536 g/mol. The van der Waals surface area contributed by atoms with Gasteiger partial charge in [-0.1, -0.05) is 157 Å². The van der Waals surface area contributed by atoms with E-state index in [2.05, 4.69) is 157 Å². The molecule has 0 unspecified atom stereocenters. The molecule has 5 rings (SSSR count). The first kappa shape index (κ1) is 28.2. The summed E-state index contributed by atoms with van der Waals surface area (Å²) < 4.78 is 0. The van der Waals surface area contributed by atoms with Crippen LogP contribution in [0.15, 0.2) is 109 Å². The second kappa shape index (κ2) is 11.7. The summed E-state index contributed by atoms with van der Waals surface area (Å²) >= 11 is 0. The lowest BCUT2D eigenvalue weighted by molar-refractivity contribution is 0.590. The molecule has 0 spiro atoms. The van der Waals surface area contributed by atoms with Crippen LogP contribution in [-0.4, -0.2) is 9.97 Å². The van der Waals surface area contributed by atoms with E-state index in [0.29, 0.717) is 6.42 Å². The standard InChI is InChI=1S/C39H40N2/c1-38(2,3)32-22-18-30(19-23-32)36-34(26-17-28-13-9-7-10-14-28)40-37(31-20-24-33(25-21-31)39(4,5)6)35(41-36)27-29-15-11-8-12-16-29/h7-26H,27H2,1-6H3/b26-17+. The zero-order valence-corrected chi connectivity index (χ0v) is 25.1. The summed E-state index contributed by atoms with van der Waals surface area (Å²) in [5.41, 5.74) is 11.0. The van der Waals surface area contributed by atoms with E-state index in [-0.39, 0.29) is 10.8 Å². The van der Waals surface area contributed by atoms with Gasteiger partial charge in [0.1, 0.15) is 0 Å². The first-order chi connectivity index (χ1) is 19.6. The molecule has 206 valence electrons. The normalized spacial score (nSPS) is 12.1. The Morgan fingerprint density at radius 3 is 1.51 bits per heavy atom. The molecule has 0 atom stereocenters. The van der Waals surface area contributed by atoms with Crippen molar-refractivity contribution in [3.05, 3.63) is 143 Å². The third-order valence-corrected chi connectivity index (χ3v) is 7.49. The van der Waals surface area contributed by atoms with Gasteiger partial charge in [0.05, 0.1) is 22.8 Å². The topological polar surface area (TPSA) is 25.8 Å². The van der Waals surface area contributed by atoms with Gasteiger partial charge in [0.15, 0.2) is 0 Å². The lowest BCUT2D eigenvalue weighted by Crippen LogP contribution is -2.11. The fourth-order valence-electron chi connectivity index (χ4n) is 4.95. The van der Waals surface area contributed by atoms with Crippen LogP contribution in [-0.2, 0) is 17.3 Å². The zero-order valence-electron chi connectivity index (χ0n) is 25.1. The molecule has 2 heteroatoms. The molecule has 0 fully saturated rings. The van der Waals surface area contributed by atoms with Crippen molar-refractivity contribution in [1.29, 1.82) is 0 Å². The number of rotatable bonds is 6. The van der Waals surface area contributed by atoms with E-state index in [1.807, 2.05) is 6.07 Å². The lowest BCUT2D eigenvalue weighted by Gasteiger charge is -2.20. The summed E-state index contributed by atoms with van der Waals surface area (Å²) in [4.78, 5) is 10.7. The van der Waals surface area contributed by atoms with Crippen molar-refractivity contribution < 1.29 is 0 Å². The van der Waals surface area contributed by atoms with Crippen LogP contribution in [0.2, 0.25) is 0 Å². The van der Waals surface area contributed by atoms with Crippen molar-refractivity contribution in [2.45, 2.75) is 58.8 Å². The second-order valence-electron chi connectivity index (χ2n) is 12.8. The molecule has 0 N–H and O–H groups in total. The Morgan fingerprint density at radius 1 is 0.512 bits per heavy atom. The SMILES string of the molecule is CC(C)(C)c1ccc(-c2nc(Cc3ccccc3)c(-c3ccc(C(C)(C)C)cc3)nc2/C=C/c2ccccc2)cc1. The maximum Gasteiger partial charge on any atom is 0.0963 e. The van der Waals surface area contributed by atoms with Gasteiger partial charge < -0.3 is 0 Å². The minimum atomic E-state index is 0.0851. The van der Waals surface area contributed by atoms with Gasteiger partial charge in [-0.15, -0.1) is 0 Å². The number of benzene rings is 4. The van der Waals surface area contributed by atoms with Crippen LogP contribution in [0.1, 0.15) is 75.2 Å². The van der Waals surface area contributed by atoms with Gasteiger partial charge >= 0.3 is 0 Å². The number of nitrogens with zero attached hydrogens (tertiary/aromatic N) is 2. The van der Waals surface area contributed by atoms with Gasteiger partial charge in [0.25, 0.3) is 0 Å². The summed E-state index contributed by atoms with van der Waals surface area (Å²) in [6.45, 7) is 13.5. The Morgan fingerprint density at radius 2 is 1.00 bits per heavy atom. The van der Waals surface area contributed by atoms with E-state index in [9.17, 15) is 0 Å². The van der Waals surface area contributed by atoms with Crippen LogP contribution >= 0.6 is 0 Å². The highest BCUT2D eigenvalue weighted by atomic mass is 14.8. The molecule has 1 aromatic heterocycles. The fraction of sp³-hybridized carbons (Fsp3) is 0.231. The quantitative estimate of drug-likeness (QED) is 0.216. The Bertz CT molecular complexity index is 1620. The maximum atomic E-state index is 5.38. The molecule has 0 aliphatic carbocycles. The largest absolute Gasteiger partial charge is 0.248 e. The molecule has 0 bridgehead atoms. The van der Waals surface area contributed by atoms with Crippen molar-refractivity contribution in [2.75, 3.05) is 0 Å². The van der Waals surface area contributed by atoms with E-state index in [4.69, 9.17) is 9.97 Å². The summed E-state index contributed by atoms with van der Waals surface area (Å²) in [6.07, 6.45) is 4.94. The molecule has 4 aromatic carbocycles. The van der Waals surface area contributed by atoms with Gasteiger partial charge in [0, 0.05) is 17.5 Å². The van der Waals surface area contributed by atoms with Gasteiger partial charge in [-0.05, 0) is 39.2 Å². The van der Waals surface area contributed by atoms with Crippen LogP contribution in [0, 0.1) is 0 Å². The predicted molar refractivity (Wildman–Crippen MR) is 175 cm³/mol. The van der Waals surface area contributed by atoms with Crippen LogP contribution in [0.5, 0.6) is 0 Å². The number of hydrogen-bond donors (Lipinski definition) is 0. The summed E-state index contributed by atoms with van der Waals surface area (Å²) in [5, 5.41) is 0. The predicted octanol–water partition coefficient (Wildman–Crippen LogP) is 10.2. The molecular formula is C39H40N2. The van der Waals surface area contributed by atoms with Crippen LogP contribution in [0.3, 0.4) is 0 Å². The molecule has 5 aromatic rings. The Balaban J connectivity index is 1.69. The molecule has 0 radical (unpaired) electrons. The smallest absolute Gasteiger partial charge is 0.0963 e. The molecular weight excluding hydrogens is 496 g/mol. The number of aromatic nitrogens is 2. The van der Waals surface area contributed by atoms with Gasteiger partial charge in [-0.2, -0.15) is 0 Å². The fourth-order valence-corrected chi connectivity index (χ4v) is 4.95. The highest BCUT2D eigenvalue weighted by Crippen LogP contribution is 2.33. The van der Waals surface area contributed by atoms with E-state index >= 15 is 0 Å². The third kappa shape index (κ3) is 6.89. The van der Waals surface area contributed by atoms with Gasteiger partial charge in [-0.25, -0.2) is 9.97 Å². The second-order valence-corrected chi connectivity index (χ2v) is 12.8. The molecule has 0 aliphatic rings. The van der Waals surface area contributed by atoms with E-state index in [1.165, 1.54) is 16.7 Å². The molecule has 0 aliphatic heterocycles. The average molecular weight is 537 g/mol. The van der Waals surface area contributed by atoms with E-state index in [0.717, 1.165) is 39.5 Å². The molecule has 2 nitrogen and oxygen atoms in total. The molecule has 0 amide bonds. The summed E-state index contributed by atoms with van der Waals surface area (Å²) in [5.74, 6) is 0. The van der Waals surface area contributed by atoms with Crippen molar-refractivity contribution in [3.8, 4) is 22.5 Å². The van der Waals surface area contributed by atoms with E-state index < -0.39 is 0 Å². The molecule has 1 heterocycles. The molecule has 41 heavy (non-hydrogen) atoms. The highest BCUT2D eigenvalue weighted by Gasteiger charge is 2.19. The van der Waals surface area contributed by atoms with Crippen LogP contribution < -0.4 is 0 Å². The van der Waals surface area contributed by atoms with Crippen LogP contribution in [0.4, 0.5) is 0 Å². The minimum absolute atomic E-state index is 0.0851. The molecule has 0 saturated carbocycles. The summed E-state index contributed by atoms with van der Waals surface area (Å²) in [6, 6.07) is 38.6. The molecule has 0 saturated heterocycles. The maximum absolute atomic E-state index is 5.38. The van der Waals surface area contributed by atoms with Gasteiger partial charge in [-0.3, -0.25) is 0 Å². The van der Waals surface area contributed by atoms with Crippen molar-refractivity contribution in [2.24, 2.45) is 0 Å². The third-order valence-electron chi connectivity index (χ3n) is 7.49. The highest BCUT2D eigenvalue weighted by molar-refractivity contribution is 5.79. The Labute approximate surface area is 245 Å². The Kier molecular flexibility index (Phi) is 8.03.